The molecule has 0 aliphatic carbocycles. The molecule has 0 aliphatic rings. The van der Waals surface area contributed by atoms with Gasteiger partial charge in [-0.1, -0.05) is 0 Å². The van der Waals surface area contributed by atoms with Gasteiger partial charge in [-0.15, -0.1) is 0 Å². The second kappa shape index (κ2) is 4.43. The summed E-state index contributed by atoms with van der Waals surface area (Å²) in [4.78, 5) is 0. The van der Waals surface area contributed by atoms with Crippen molar-refractivity contribution in [2.75, 3.05) is 0 Å². The van der Waals surface area contributed by atoms with Gasteiger partial charge in [-0.05, 0) is 0 Å². The van der Waals surface area contributed by atoms with E-state index >= 15 is 0 Å². The molecule has 0 aromatic rings. The van der Waals surface area contributed by atoms with Crippen molar-refractivity contribution in [2.24, 2.45) is 0 Å². The van der Waals surface area contributed by atoms with Crippen LogP contribution in [0.4, 0.5) is 75.5 Å². The Bertz CT molecular complexity index is 265. The second-order valence-corrected chi connectivity index (χ2v) is 8.62. The van der Waals surface area contributed by atoms with Gasteiger partial charge in [0.1, 0.15) is 0 Å². The summed E-state index contributed by atoms with van der Waals surface area (Å²) in [7, 11) is -32.0. The minimum atomic E-state index is -10.7. The molecule has 0 saturated carbocycles. The van der Waals surface area contributed by atoms with E-state index in [1.165, 1.54) is 0 Å². The van der Waals surface area contributed by atoms with Gasteiger partial charge in [0.15, 0.2) is 0 Å². The molecule has 22 heavy (non-hydrogen) atoms. The second-order valence-electron chi connectivity index (χ2n) is 2.87. The van der Waals surface area contributed by atoms with Gasteiger partial charge in [-0.2, -0.15) is 0 Å². The molecule has 0 aliphatic heterocycles. The van der Waals surface area contributed by atoms with Crippen molar-refractivity contribution in [1.29, 1.82) is 0 Å². The van der Waals surface area contributed by atoms with E-state index in [9.17, 15) is 75.5 Å². The quantitative estimate of drug-likeness (QED) is 0.164. The van der Waals surface area contributed by atoms with E-state index in [1.54, 1.807) is 0 Å². The third kappa shape index (κ3) is 18700. The maximum absolute atomic E-state index is 10.7. The first-order valence-corrected chi connectivity index (χ1v) is 9.13. The Hall–Kier alpha value is 0.653. The summed E-state index contributed by atoms with van der Waals surface area (Å²) in [5, 5.41) is 0. The van der Waals surface area contributed by atoms with E-state index in [0.29, 0.717) is 0 Å². The van der Waals surface area contributed by atoms with Crippen molar-refractivity contribution >= 4 is 23.4 Å². The Morgan fingerprint density at radius 3 is 0.227 bits per heavy atom. The molecule has 0 nitrogen and oxygen atoms in total. The summed E-state index contributed by atoms with van der Waals surface area (Å²) in [6.45, 7) is 0. The molecule has 0 fully saturated rings. The van der Waals surface area contributed by atoms with Crippen molar-refractivity contribution in [3.8, 4) is 0 Å². The average Bonchev–Trinajstić information content (AvgIpc) is 1.19. The number of rotatable bonds is 0. The standard InChI is InChI=1S/3F6P.Rh/c3*1-7(2,3,4,5)6;/q3*-1;+3. The SMILES string of the molecule is F[P-](F)(F)(F)(F)F.F[P-](F)(F)(F)(F)F.F[P-](F)(F)(F)(F)F.[Rh+3]. The monoisotopic (exact) mass is 538 g/mol. The van der Waals surface area contributed by atoms with Gasteiger partial charge in [0.25, 0.3) is 0 Å². The van der Waals surface area contributed by atoms with Crippen molar-refractivity contribution in [3.63, 3.8) is 0 Å². The molecule has 0 unspecified atom stereocenters. The third-order valence-electron chi connectivity index (χ3n) is 0. The Morgan fingerprint density at radius 1 is 0.227 bits per heavy atom. The molecular formula is F18P3Rh. The van der Waals surface area contributed by atoms with Gasteiger partial charge in [0, 0.05) is 0 Å². The van der Waals surface area contributed by atoms with Gasteiger partial charge in [0.05, 0.1) is 0 Å². The molecule has 0 rings (SSSR count). The number of hydrogen-bond acceptors (Lipinski definition) is 0. The summed E-state index contributed by atoms with van der Waals surface area (Å²) in [6.07, 6.45) is 0. The Labute approximate surface area is 119 Å². The van der Waals surface area contributed by atoms with Gasteiger partial charge in [0.2, 0.25) is 0 Å². The zero-order chi connectivity index (χ0) is 19.2. The number of hydrogen-bond donors (Lipinski definition) is 0. The molecule has 0 atom stereocenters. The zero-order valence-electron chi connectivity index (χ0n) is 8.48. The van der Waals surface area contributed by atoms with Gasteiger partial charge in [-0.25, -0.2) is 0 Å². The molecule has 0 radical (unpaired) electrons. The van der Waals surface area contributed by atoms with Crippen molar-refractivity contribution in [3.05, 3.63) is 0 Å². The summed E-state index contributed by atoms with van der Waals surface area (Å²) in [6, 6.07) is 0. The van der Waals surface area contributed by atoms with Crippen LogP contribution in [0.5, 0.6) is 0 Å². The molecule has 0 amide bonds. The van der Waals surface area contributed by atoms with E-state index in [0.717, 1.165) is 0 Å². The zero-order valence-corrected chi connectivity index (χ0v) is 12.8. The smallest absolute Gasteiger partial charge is 3.00 e. The topological polar surface area (TPSA) is 0 Å². The predicted octanol–water partition coefficient (Wildman–Crippen LogP) is 10.1. The molecule has 0 aromatic carbocycles. The van der Waals surface area contributed by atoms with Crippen molar-refractivity contribution in [1.82, 2.24) is 0 Å². The van der Waals surface area contributed by atoms with Gasteiger partial charge >= 0.3 is 118 Å². The van der Waals surface area contributed by atoms with E-state index in [1.807, 2.05) is 0 Å². The van der Waals surface area contributed by atoms with Crippen LogP contribution in [0.2, 0.25) is 0 Å². The molecule has 0 bridgehead atoms. The normalized spacial score (nSPS) is 22.1. The Morgan fingerprint density at radius 2 is 0.227 bits per heavy atom. The van der Waals surface area contributed by atoms with Crippen LogP contribution in [-0.2, 0) is 19.5 Å². The van der Waals surface area contributed by atoms with Crippen molar-refractivity contribution < 1.29 is 95.0 Å². The van der Waals surface area contributed by atoms with Crippen LogP contribution < -0.4 is 0 Å². The average molecular weight is 538 g/mol. The molecule has 0 saturated heterocycles. The molecule has 150 valence electrons. The summed E-state index contributed by atoms with van der Waals surface area (Å²) >= 11 is 0. The van der Waals surface area contributed by atoms with E-state index in [4.69, 9.17) is 0 Å². The van der Waals surface area contributed by atoms with Crippen LogP contribution in [0.1, 0.15) is 0 Å². The fourth-order valence-electron chi connectivity index (χ4n) is 0. The van der Waals surface area contributed by atoms with Crippen LogP contribution in [-0.4, -0.2) is 0 Å². The van der Waals surface area contributed by atoms with Crippen LogP contribution >= 0.6 is 23.4 Å². The summed E-state index contributed by atoms with van der Waals surface area (Å²) in [5.41, 5.74) is 0. The predicted molar refractivity (Wildman–Crippen MR) is 40.7 cm³/mol. The van der Waals surface area contributed by atoms with E-state index < -0.39 is 23.4 Å². The first kappa shape index (κ1) is 30.5. The first-order chi connectivity index (χ1) is 7.35. The van der Waals surface area contributed by atoms with Crippen LogP contribution in [0.25, 0.3) is 0 Å². The van der Waals surface area contributed by atoms with Crippen LogP contribution in [0.3, 0.4) is 0 Å². The maximum Gasteiger partial charge on any atom is 3.00 e. The minimum absolute atomic E-state index is 0. The summed E-state index contributed by atoms with van der Waals surface area (Å²) in [5.74, 6) is 0. The largest absolute Gasteiger partial charge is 3.00 e. The molecular weight excluding hydrogens is 538 g/mol. The fraction of sp³-hybridized carbons (Fsp3) is 0. The van der Waals surface area contributed by atoms with E-state index in [-0.39, 0.29) is 19.5 Å². The molecule has 0 N–H and O–H groups in total. The van der Waals surface area contributed by atoms with Crippen LogP contribution in [0, 0.1) is 0 Å². The van der Waals surface area contributed by atoms with Gasteiger partial charge in [-0.3, -0.25) is 0 Å². The number of halogens is 18. The maximum atomic E-state index is 9.87. The van der Waals surface area contributed by atoms with Gasteiger partial charge < -0.3 is 0 Å². The first-order valence-electron chi connectivity index (χ1n) is 3.04. The fourth-order valence-corrected chi connectivity index (χ4v) is 0. The van der Waals surface area contributed by atoms with Crippen LogP contribution in [0.15, 0.2) is 0 Å². The molecule has 0 heterocycles. The van der Waals surface area contributed by atoms with Crippen molar-refractivity contribution in [2.45, 2.75) is 0 Å². The molecule has 22 heteroatoms. The minimum Gasteiger partial charge on any atom is 3.00 e. The molecule has 0 spiro atoms. The Balaban J connectivity index is -0.000000108. The molecule has 0 aromatic heterocycles. The Kier molecular flexibility index (Phi) is 6.15. The summed E-state index contributed by atoms with van der Waals surface area (Å²) < 4.78 is 178. The third-order valence-corrected chi connectivity index (χ3v) is 0. The van der Waals surface area contributed by atoms with E-state index in [2.05, 4.69) is 0 Å².